The molecule has 10 heteroatoms. The molecule has 204 valence electrons. The molecule has 0 atom stereocenters. The van der Waals surface area contributed by atoms with E-state index in [0.717, 1.165) is 11.1 Å². The number of nitrogens with one attached hydrogen (secondary N) is 1. The van der Waals surface area contributed by atoms with Gasteiger partial charge in [0, 0.05) is 29.6 Å². The number of pyridine rings is 1. The maximum Gasteiger partial charge on any atom is 0.242 e. The number of hydrogen-bond acceptors (Lipinski definition) is 8. The van der Waals surface area contributed by atoms with E-state index in [1.165, 1.54) is 32.7 Å². The number of carbonyl (C=O) groups excluding carboxylic acids is 1. The van der Waals surface area contributed by atoms with Crippen molar-refractivity contribution >= 4 is 28.0 Å². The van der Waals surface area contributed by atoms with Crippen molar-refractivity contribution in [3.05, 3.63) is 83.2 Å². The van der Waals surface area contributed by atoms with Gasteiger partial charge in [0.15, 0.2) is 28.8 Å². The van der Waals surface area contributed by atoms with Gasteiger partial charge >= 0.3 is 0 Å². The highest BCUT2D eigenvalue weighted by atomic mass is 32.2. The Morgan fingerprint density at radius 3 is 1.74 bits per heavy atom. The third-order valence-electron chi connectivity index (χ3n) is 6.28. The Balaban J connectivity index is 1.74. The molecule has 0 bridgehead atoms. The van der Waals surface area contributed by atoms with E-state index in [4.69, 9.17) is 18.9 Å². The number of methoxy groups -OCH3 is 4. The van der Waals surface area contributed by atoms with Crippen molar-refractivity contribution in [3.8, 4) is 23.0 Å². The lowest BCUT2D eigenvalue weighted by Gasteiger charge is -2.26. The zero-order valence-corrected chi connectivity index (χ0v) is 22.9. The number of nitrogens with zero attached hydrogens (tertiary/aromatic N) is 1. The molecular formula is C29H30N2O7S. The van der Waals surface area contributed by atoms with E-state index in [2.05, 4.69) is 9.71 Å². The highest BCUT2D eigenvalue weighted by Crippen LogP contribution is 2.34. The van der Waals surface area contributed by atoms with Gasteiger partial charge in [-0.1, -0.05) is 12.1 Å². The molecule has 0 amide bonds. The van der Waals surface area contributed by atoms with E-state index in [1.54, 1.807) is 56.7 Å². The average Bonchev–Trinajstić information content (AvgIpc) is 2.95. The summed E-state index contributed by atoms with van der Waals surface area (Å²) in [4.78, 5) is 17.6. The summed E-state index contributed by atoms with van der Waals surface area (Å²) < 4.78 is 50.3. The van der Waals surface area contributed by atoms with Gasteiger partial charge in [0.05, 0.1) is 28.4 Å². The first-order chi connectivity index (χ1) is 18.8. The van der Waals surface area contributed by atoms with Gasteiger partial charge in [-0.2, -0.15) is 0 Å². The zero-order chi connectivity index (χ0) is 28.0. The zero-order valence-electron chi connectivity index (χ0n) is 22.1. The first kappa shape index (κ1) is 27.9. The van der Waals surface area contributed by atoms with Crippen LogP contribution in [0.25, 0.3) is 12.2 Å². The molecule has 0 aliphatic heterocycles. The van der Waals surface area contributed by atoms with Crippen molar-refractivity contribution in [2.24, 2.45) is 0 Å². The second-order valence-corrected chi connectivity index (χ2v) is 10.5. The predicted molar refractivity (Wildman–Crippen MR) is 148 cm³/mol. The molecule has 0 unspecified atom stereocenters. The van der Waals surface area contributed by atoms with Gasteiger partial charge < -0.3 is 18.9 Å². The van der Waals surface area contributed by atoms with E-state index in [1.807, 2.05) is 12.1 Å². The number of benzene rings is 2. The minimum Gasteiger partial charge on any atom is -0.493 e. The highest BCUT2D eigenvalue weighted by Gasteiger charge is 2.31. The molecule has 4 rings (SSSR count). The summed E-state index contributed by atoms with van der Waals surface area (Å²) in [6.45, 7) is 0. The average molecular weight is 551 g/mol. The van der Waals surface area contributed by atoms with Gasteiger partial charge in [-0.3, -0.25) is 9.78 Å². The summed E-state index contributed by atoms with van der Waals surface area (Å²) in [7, 11) is 2.30. The molecule has 1 aliphatic carbocycles. The number of Topliss-reactive ketones (excluding diaryl/α,β-unsaturated/α-hetero) is 1. The lowest BCUT2D eigenvalue weighted by molar-refractivity contribution is -0.113. The lowest BCUT2D eigenvalue weighted by atomic mass is 9.84. The van der Waals surface area contributed by atoms with E-state index >= 15 is 0 Å². The van der Waals surface area contributed by atoms with E-state index in [-0.39, 0.29) is 23.5 Å². The molecule has 0 saturated heterocycles. The smallest absolute Gasteiger partial charge is 0.242 e. The number of hydrogen-bond donors (Lipinski definition) is 1. The van der Waals surface area contributed by atoms with Crippen LogP contribution in [0.2, 0.25) is 0 Å². The van der Waals surface area contributed by atoms with Crippen LogP contribution < -0.4 is 23.7 Å². The maximum atomic E-state index is 13.6. The molecule has 1 saturated carbocycles. The van der Waals surface area contributed by atoms with Gasteiger partial charge in [0.25, 0.3) is 0 Å². The molecule has 39 heavy (non-hydrogen) atoms. The first-order valence-corrected chi connectivity index (χ1v) is 13.6. The van der Waals surface area contributed by atoms with Gasteiger partial charge in [-0.25, -0.2) is 13.1 Å². The Hall–Kier alpha value is -4.15. The number of ketones is 1. The summed E-state index contributed by atoms with van der Waals surface area (Å²) in [5, 5.41) is 0. The molecule has 0 spiro atoms. The van der Waals surface area contributed by atoms with Crippen molar-refractivity contribution in [1.82, 2.24) is 9.71 Å². The monoisotopic (exact) mass is 550 g/mol. The Kier molecular flexibility index (Phi) is 8.68. The fraction of sp³-hybridized carbons (Fsp3) is 0.241. The largest absolute Gasteiger partial charge is 0.493 e. The van der Waals surface area contributed by atoms with Gasteiger partial charge in [-0.05, 0) is 72.5 Å². The summed E-state index contributed by atoms with van der Waals surface area (Å²) >= 11 is 0. The second-order valence-electron chi connectivity index (χ2n) is 8.81. The second kappa shape index (κ2) is 12.1. The van der Waals surface area contributed by atoms with Crippen LogP contribution in [0.15, 0.2) is 77.0 Å². The van der Waals surface area contributed by atoms with Crippen LogP contribution in [-0.4, -0.2) is 53.7 Å². The molecule has 1 aromatic heterocycles. The van der Waals surface area contributed by atoms with Crippen LogP contribution in [0.4, 0.5) is 0 Å². The highest BCUT2D eigenvalue weighted by molar-refractivity contribution is 7.89. The van der Waals surface area contributed by atoms with Crippen molar-refractivity contribution in [2.75, 3.05) is 28.4 Å². The molecule has 1 N–H and O–H groups in total. The summed E-state index contributed by atoms with van der Waals surface area (Å²) in [5.41, 5.74) is 2.35. The Labute approximate surface area is 228 Å². The maximum absolute atomic E-state index is 13.6. The first-order valence-electron chi connectivity index (χ1n) is 12.1. The van der Waals surface area contributed by atoms with Crippen molar-refractivity contribution < 1.29 is 32.2 Å². The number of rotatable bonds is 9. The van der Waals surface area contributed by atoms with Crippen molar-refractivity contribution in [3.63, 3.8) is 0 Å². The van der Waals surface area contributed by atoms with Crippen LogP contribution in [0.3, 0.4) is 0 Å². The molecule has 1 heterocycles. The summed E-state index contributed by atoms with van der Waals surface area (Å²) in [6.07, 6.45) is 6.70. The number of aromatic nitrogens is 1. The Morgan fingerprint density at radius 2 is 1.31 bits per heavy atom. The van der Waals surface area contributed by atoms with Crippen molar-refractivity contribution in [2.45, 2.75) is 23.8 Å². The molecule has 0 radical (unpaired) electrons. The van der Waals surface area contributed by atoms with Gasteiger partial charge in [-0.15, -0.1) is 0 Å². The van der Waals surface area contributed by atoms with Crippen molar-refractivity contribution in [1.29, 1.82) is 0 Å². The molecule has 1 fully saturated rings. The van der Waals surface area contributed by atoms with Gasteiger partial charge in [0.2, 0.25) is 10.0 Å². The standard InChI is InChI=1S/C29H30N2O7S/c1-35-25-9-7-19(14-27(25)37-3)12-21-16-23(31-39(33,34)24-6-5-11-30-18-24)17-22(29(21)32)13-20-8-10-26(36-2)28(15-20)38-4/h5-15,18,23,31H,16-17H2,1-4H3/b21-12+,22-13+. The molecular weight excluding hydrogens is 520 g/mol. The molecule has 9 nitrogen and oxygen atoms in total. The van der Waals surface area contributed by atoms with Crippen LogP contribution in [0.5, 0.6) is 23.0 Å². The van der Waals surface area contributed by atoms with E-state index in [0.29, 0.717) is 34.1 Å². The number of ether oxygens (including phenoxy) is 4. The molecule has 2 aromatic carbocycles. The fourth-order valence-corrected chi connectivity index (χ4v) is 5.61. The van der Waals surface area contributed by atoms with Crippen LogP contribution in [-0.2, 0) is 14.8 Å². The molecule has 1 aliphatic rings. The predicted octanol–water partition coefficient (Wildman–Crippen LogP) is 4.29. The number of carbonyl (C=O) groups is 1. The Bertz CT molecular complexity index is 1440. The van der Waals surface area contributed by atoms with Crippen LogP contribution >= 0.6 is 0 Å². The normalized spacial score (nSPS) is 17.7. The summed E-state index contributed by atoms with van der Waals surface area (Å²) in [6, 6.07) is 13.1. The summed E-state index contributed by atoms with van der Waals surface area (Å²) in [5.74, 6) is 1.99. The topological polar surface area (TPSA) is 113 Å². The quantitative estimate of drug-likeness (QED) is 0.393. The Morgan fingerprint density at radius 1 is 0.795 bits per heavy atom. The third kappa shape index (κ3) is 6.47. The SMILES string of the molecule is COc1ccc(/C=C2\CC(NS(=O)(=O)c3cccnc3)C/C(=C\c3ccc(OC)c(OC)c3)C2=O)cc1OC. The molecule has 3 aromatic rings. The lowest BCUT2D eigenvalue weighted by Crippen LogP contribution is -2.39. The van der Waals surface area contributed by atoms with E-state index < -0.39 is 16.1 Å². The van der Waals surface area contributed by atoms with Crippen LogP contribution in [0.1, 0.15) is 24.0 Å². The van der Waals surface area contributed by atoms with Gasteiger partial charge in [0.1, 0.15) is 4.90 Å². The minimum absolute atomic E-state index is 0.0535. The number of sulfonamides is 1. The van der Waals surface area contributed by atoms with E-state index in [9.17, 15) is 13.2 Å². The van der Waals surface area contributed by atoms with Crippen LogP contribution in [0, 0.1) is 0 Å². The fourth-order valence-electron chi connectivity index (χ4n) is 4.41. The third-order valence-corrected chi connectivity index (χ3v) is 7.79. The minimum atomic E-state index is -3.86.